The van der Waals surface area contributed by atoms with Crippen LogP contribution in [0.25, 0.3) is 0 Å². The highest BCUT2D eigenvalue weighted by atomic mass is 32.1. The molecule has 1 aromatic rings. The Balaban J connectivity index is 2.11. The van der Waals surface area contributed by atoms with Gasteiger partial charge in [-0.1, -0.05) is 0 Å². The van der Waals surface area contributed by atoms with E-state index in [4.69, 9.17) is 0 Å². The number of thiazole rings is 1. The van der Waals surface area contributed by atoms with Crippen molar-refractivity contribution in [3.8, 4) is 0 Å². The fraction of sp³-hybridized carbons (Fsp3) is 0.750. The largest absolute Gasteiger partial charge is 0.315 e. The van der Waals surface area contributed by atoms with Crippen LogP contribution in [0.15, 0.2) is 0 Å². The first-order valence-corrected chi connectivity index (χ1v) is 6.78. The van der Waals surface area contributed by atoms with Crippen molar-refractivity contribution in [3.05, 3.63) is 15.6 Å². The second-order valence-electron chi connectivity index (χ2n) is 4.67. The van der Waals surface area contributed by atoms with E-state index in [0.29, 0.717) is 12.1 Å². The summed E-state index contributed by atoms with van der Waals surface area (Å²) in [4.78, 5) is 8.43. The molecule has 0 amide bonds. The van der Waals surface area contributed by atoms with Crippen LogP contribution in [-0.2, 0) is 0 Å². The Hall–Kier alpha value is -0.450. The molecule has 1 N–H and O–H groups in total. The van der Waals surface area contributed by atoms with Crippen molar-refractivity contribution in [2.24, 2.45) is 0 Å². The molecule has 2 rings (SSSR count). The van der Waals surface area contributed by atoms with Crippen molar-refractivity contribution in [2.45, 2.75) is 39.3 Å². The average molecular weight is 239 g/mol. The van der Waals surface area contributed by atoms with E-state index in [1.54, 1.807) is 0 Å². The molecule has 2 atom stereocenters. The van der Waals surface area contributed by atoms with Gasteiger partial charge < -0.3 is 5.32 Å². The molecule has 1 saturated heterocycles. The number of aryl methyl sites for hydroxylation is 2. The summed E-state index contributed by atoms with van der Waals surface area (Å²) in [5, 5.41) is 4.60. The Kier molecular flexibility index (Phi) is 3.62. The lowest BCUT2D eigenvalue weighted by molar-refractivity contribution is 0.199. The van der Waals surface area contributed by atoms with Crippen molar-refractivity contribution >= 4 is 11.3 Å². The molecular weight excluding hydrogens is 218 g/mol. The molecule has 1 aliphatic heterocycles. The SMILES string of the molecule is Cc1nc(C)c(C(C)N(C)C2CCNC2)s1. The lowest BCUT2D eigenvalue weighted by atomic mass is 10.1. The van der Waals surface area contributed by atoms with Gasteiger partial charge in [-0.15, -0.1) is 11.3 Å². The van der Waals surface area contributed by atoms with Crippen LogP contribution in [-0.4, -0.2) is 36.1 Å². The molecule has 2 heterocycles. The van der Waals surface area contributed by atoms with E-state index >= 15 is 0 Å². The van der Waals surface area contributed by atoms with Gasteiger partial charge in [0.1, 0.15) is 0 Å². The van der Waals surface area contributed by atoms with Gasteiger partial charge in [-0.05, 0) is 40.8 Å². The van der Waals surface area contributed by atoms with Crippen molar-refractivity contribution in [2.75, 3.05) is 20.1 Å². The Morgan fingerprint density at radius 1 is 1.50 bits per heavy atom. The molecule has 0 saturated carbocycles. The molecule has 1 aliphatic rings. The zero-order chi connectivity index (χ0) is 11.7. The van der Waals surface area contributed by atoms with Gasteiger partial charge in [0.05, 0.1) is 10.7 Å². The van der Waals surface area contributed by atoms with Gasteiger partial charge in [-0.3, -0.25) is 4.90 Å². The maximum atomic E-state index is 4.52. The number of hydrogen-bond acceptors (Lipinski definition) is 4. The Morgan fingerprint density at radius 3 is 2.75 bits per heavy atom. The van der Waals surface area contributed by atoms with Crippen LogP contribution in [0.4, 0.5) is 0 Å². The number of nitrogens with one attached hydrogen (secondary N) is 1. The fourth-order valence-corrected chi connectivity index (χ4v) is 3.45. The molecule has 1 aromatic heterocycles. The van der Waals surface area contributed by atoms with Gasteiger partial charge in [0.15, 0.2) is 0 Å². The van der Waals surface area contributed by atoms with Crippen LogP contribution < -0.4 is 5.32 Å². The second-order valence-corrected chi connectivity index (χ2v) is 5.91. The smallest absolute Gasteiger partial charge is 0.0900 e. The summed E-state index contributed by atoms with van der Waals surface area (Å²) < 4.78 is 0. The maximum absolute atomic E-state index is 4.52. The predicted molar refractivity (Wildman–Crippen MR) is 69.0 cm³/mol. The minimum absolute atomic E-state index is 0.482. The van der Waals surface area contributed by atoms with E-state index < -0.39 is 0 Å². The molecule has 1 fully saturated rings. The third-order valence-corrected chi connectivity index (χ3v) is 4.78. The van der Waals surface area contributed by atoms with E-state index in [2.05, 4.69) is 43.0 Å². The van der Waals surface area contributed by atoms with Crippen molar-refractivity contribution < 1.29 is 0 Å². The Labute approximate surface area is 102 Å². The maximum Gasteiger partial charge on any atom is 0.0900 e. The molecule has 0 spiro atoms. The Morgan fingerprint density at radius 2 is 2.25 bits per heavy atom. The first kappa shape index (κ1) is 12.0. The highest BCUT2D eigenvalue weighted by Gasteiger charge is 2.25. The molecule has 0 radical (unpaired) electrons. The number of rotatable bonds is 3. The molecule has 4 heteroatoms. The van der Waals surface area contributed by atoms with Gasteiger partial charge in [-0.25, -0.2) is 4.98 Å². The summed E-state index contributed by atoms with van der Waals surface area (Å²) in [6.45, 7) is 8.78. The van der Waals surface area contributed by atoms with E-state index in [1.807, 2.05) is 11.3 Å². The summed E-state index contributed by atoms with van der Waals surface area (Å²) >= 11 is 1.84. The van der Waals surface area contributed by atoms with Gasteiger partial charge >= 0.3 is 0 Å². The van der Waals surface area contributed by atoms with Crippen molar-refractivity contribution in [1.82, 2.24) is 15.2 Å². The molecule has 0 aromatic carbocycles. The zero-order valence-corrected chi connectivity index (χ0v) is 11.4. The molecule has 3 nitrogen and oxygen atoms in total. The highest BCUT2D eigenvalue weighted by molar-refractivity contribution is 7.11. The van der Waals surface area contributed by atoms with Crippen LogP contribution in [0.3, 0.4) is 0 Å². The molecule has 16 heavy (non-hydrogen) atoms. The molecular formula is C12H21N3S. The van der Waals surface area contributed by atoms with Gasteiger partial charge in [0.2, 0.25) is 0 Å². The van der Waals surface area contributed by atoms with Crippen molar-refractivity contribution in [3.63, 3.8) is 0 Å². The normalized spacial score (nSPS) is 22.9. The standard InChI is InChI=1S/C12H21N3S/c1-8-12(16-10(3)14-8)9(2)15(4)11-5-6-13-7-11/h9,11,13H,5-7H2,1-4H3. The summed E-state index contributed by atoms with van der Waals surface area (Å²) in [7, 11) is 2.23. The fourth-order valence-electron chi connectivity index (χ4n) is 2.42. The minimum Gasteiger partial charge on any atom is -0.315 e. The summed E-state index contributed by atoms with van der Waals surface area (Å²) in [5.74, 6) is 0. The zero-order valence-electron chi connectivity index (χ0n) is 10.6. The highest BCUT2D eigenvalue weighted by Crippen LogP contribution is 2.30. The van der Waals surface area contributed by atoms with E-state index in [1.165, 1.54) is 22.0 Å². The third-order valence-electron chi connectivity index (χ3n) is 3.54. The van der Waals surface area contributed by atoms with Gasteiger partial charge in [0.25, 0.3) is 0 Å². The number of hydrogen-bond donors (Lipinski definition) is 1. The van der Waals surface area contributed by atoms with Gasteiger partial charge in [-0.2, -0.15) is 0 Å². The monoisotopic (exact) mass is 239 g/mol. The minimum atomic E-state index is 0.482. The van der Waals surface area contributed by atoms with Crippen LogP contribution in [0.2, 0.25) is 0 Å². The number of likely N-dealkylation sites (N-methyl/N-ethyl adjacent to an activating group) is 1. The van der Waals surface area contributed by atoms with Crippen molar-refractivity contribution in [1.29, 1.82) is 0 Å². The van der Waals surface area contributed by atoms with E-state index in [-0.39, 0.29) is 0 Å². The molecule has 0 bridgehead atoms. The summed E-state index contributed by atoms with van der Waals surface area (Å²) in [6.07, 6.45) is 1.26. The average Bonchev–Trinajstić information content (AvgIpc) is 2.85. The van der Waals surface area contributed by atoms with Crippen LogP contribution in [0.1, 0.15) is 35.0 Å². The van der Waals surface area contributed by atoms with E-state index in [0.717, 1.165) is 13.1 Å². The lowest BCUT2D eigenvalue weighted by Crippen LogP contribution is -2.35. The second kappa shape index (κ2) is 4.82. The first-order valence-electron chi connectivity index (χ1n) is 5.96. The molecule has 90 valence electrons. The predicted octanol–water partition coefficient (Wildman–Crippen LogP) is 2.11. The summed E-state index contributed by atoms with van der Waals surface area (Å²) in [6, 6.07) is 1.16. The van der Waals surface area contributed by atoms with Crippen LogP contribution in [0.5, 0.6) is 0 Å². The molecule has 2 unspecified atom stereocenters. The van der Waals surface area contributed by atoms with E-state index in [9.17, 15) is 0 Å². The third kappa shape index (κ3) is 2.29. The van der Waals surface area contributed by atoms with Crippen LogP contribution >= 0.6 is 11.3 Å². The Bertz CT molecular complexity index is 355. The summed E-state index contributed by atoms with van der Waals surface area (Å²) in [5.41, 5.74) is 1.20. The molecule has 0 aliphatic carbocycles. The number of aromatic nitrogens is 1. The first-order chi connectivity index (χ1) is 7.59. The van der Waals surface area contributed by atoms with Crippen LogP contribution in [0, 0.1) is 13.8 Å². The van der Waals surface area contributed by atoms with Gasteiger partial charge in [0, 0.05) is 23.5 Å². The topological polar surface area (TPSA) is 28.2 Å². The quantitative estimate of drug-likeness (QED) is 0.875. The lowest BCUT2D eigenvalue weighted by Gasteiger charge is -2.29. The number of nitrogens with zero attached hydrogens (tertiary/aromatic N) is 2.